The molecule has 33 heavy (non-hydrogen) atoms. The Morgan fingerprint density at radius 1 is 1.18 bits per heavy atom. The minimum Gasteiger partial charge on any atom is -0.493 e. The summed E-state index contributed by atoms with van der Waals surface area (Å²) < 4.78 is 11.1. The molecule has 1 aliphatic rings. The molecule has 1 saturated heterocycles. The number of carboxylic acid groups (broad SMARTS) is 2. The largest absolute Gasteiger partial charge is 0.493 e. The number of aliphatic imine (C=N–C) groups is 1. The van der Waals surface area contributed by atoms with Crippen LogP contribution < -0.4 is 9.47 Å². The van der Waals surface area contributed by atoms with Crippen molar-refractivity contribution in [3.8, 4) is 11.5 Å². The number of nitrogens with zero attached hydrogens (tertiary/aromatic N) is 2. The van der Waals surface area contributed by atoms with Gasteiger partial charge in [0.15, 0.2) is 23.3 Å². The van der Waals surface area contributed by atoms with Gasteiger partial charge >= 0.3 is 11.9 Å². The molecule has 0 spiro atoms. The van der Waals surface area contributed by atoms with E-state index in [0.29, 0.717) is 38.1 Å². The summed E-state index contributed by atoms with van der Waals surface area (Å²) in [6.07, 6.45) is 1.68. The molecule has 0 aromatic heterocycles. The Morgan fingerprint density at radius 3 is 2.45 bits per heavy atom. The lowest BCUT2D eigenvalue weighted by Crippen LogP contribution is -2.28. The predicted octanol–water partition coefficient (Wildman–Crippen LogP) is 4.24. The van der Waals surface area contributed by atoms with Crippen molar-refractivity contribution in [1.82, 2.24) is 4.90 Å². The van der Waals surface area contributed by atoms with E-state index in [9.17, 15) is 14.4 Å². The number of carboxylic acids is 2. The number of thioether (sulfide) groups is 1. The number of amidine groups is 1. The van der Waals surface area contributed by atoms with Gasteiger partial charge in [0.1, 0.15) is 0 Å². The molecular formula is C22H19BrN2O7S. The number of halogens is 1. The van der Waals surface area contributed by atoms with Crippen molar-refractivity contribution in [2.75, 3.05) is 20.3 Å². The number of ether oxygens (including phenoxy) is 2. The maximum absolute atomic E-state index is 12.9. The van der Waals surface area contributed by atoms with Crippen LogP contribution in [-0.2, 0) is 9.59 Å². The summed E-state index contributed by atoms with van der Waals surface area (Å²) >= 11 is 4.62. The molecule has 2 N–H and O–H groups in total. The van der Waals surface area contributed by atoms with E-state index < -0.39 is 18.5 Å². The Balaban J connectivity index is 1.91. The molecule has 1 fully saturated rings. The van der Waals surface area contributed by atoms with Crippen LogP contribution in [0.1, 0.15) is 22.8 Å². The second kappa shape index (κ2) is 10.5. The molecule has 3 rings (SSSR count). The average molecular weight is 535 g/mol. The Labute approximate surface area is 201 Å². The average Bonchev–Trinajstić information content (AvgIpc) is 3.07. The third-order valence-corrected chi connectivity index (χ3v) is 6.16. The maximum Gasteiger partial charge on any atom is 0.341 e. The van der Waals surface area contributed by atoms with E-state index in [1.165, 1.54) is 35.9 Å². The first-order chi connectivity index (χ1) is 15.7. The lowest BCUT2D eigenvalue weighted by atomic mass is 10.2. The predicted molar refractivity (Wildman–Crippen MR) is 127 cm³/mol. The fourth-order valence-corrected chi connectivity index (χ4v) is 4.36. The van der Waals surface area contributed by atoms with Crippen molar-refractivity contribution in [3.63, 3.8) is 0 Å². The zero-order valence-corrected chi connectivity index (χ0v) is 20.0. The van der Waals surface area contributed by atoms with Crippen LogP contribution in [0.15, 0.2) is 50.8 Å². The van der Waals surface area contributed by atoms with Crippen LogP contribution in [0.2, 0.25) is 0 Å². The van der Waals surface area contributed by atoms with Gasteiger partial charge in [-0.05, 0) is 66.7 Å². The van der Waals surface area contributed by atoms with Crippen LogP contribution in [-0.4, -0.2) is 58.4 Å². The van der Waals surface area contributed by atoms with Gasteiger partial charge in [0.25, 0.3) is 5.91 Å². The van der Waals surface area contributed by atoms with Crippen molar-refractivity contribution in [2.24, 2.45) is 4.99 Å². The third kappa shape index (κ3) is 5.74. The lowest BCUT2D eigenvalue weighted by molar-refractivity contribution is -0.139. The fraction of sp³-hybridized carbons (Fsp3) is 0.182. The van der Waals surface area contributed by atoms with E-state index in [0.717, 1.165) is 0 Å². The lowest BCUT2D eigenvalue weighted by Gasteiger charge is -2.12. The number of aliphatic carboxylic acids is 1. The van der Waals surface area contributed by atoms with Gasteiger partial charge in [0.2, 0.25) is 0 Å². The van der Waals surface area contributed by atoms with E-state index in [1.807, 2.05) is 6.92 Å². The first-order valence-electron chi connectivity index (χ1n) is 9.59. The minimum absolute atomic E-state index is 0.150. The topological polar surface area (TPSA) is 126 Å². The Morgan fingerprint density at radius 2 is 1.88 bits per heavy atom. The number of benzene rings is 2. The Hall–Kier alpha value is -3.31. The summed E-state index contributed by atoms with van der Waals surface area (Å²) in [7, 11) is 1.43. The smallest absolute Gasteiger partial charge is 0.341 e. The molecule has 0 radical (unpaired) electrons. The van der Waals surface area contributed by atoms with Crippen molar-refractivity contribution in [1.29, 1.82) is 0 Å². The minimum atomic E-state index is -1.11. The highest BCUT2D eigenvalue weighted by atomic mass is 79.9. The van der Waals surface area contributed by atoms with Gasteiger partial charge in [-0.3, -0.25) is 9.69 Å². The fourth-order valence-electron chi connectivity index (χ4n) is 2.87. The molecule has 172 valence electrons. The highest BCUT2D eigenvalue weighted by molar-refractivity contribution is 9.10. The number of carbonyl (C=O) groups excluding carboxylic acids is 1. The third-order valence-electron chi connectivity index (χ3n) is 4.46. The van der Waals surface area contributed by atoms with Gasteiger partial charge in [-0.2, -0.15) is 0 Å². The van der Waals surface area contributed by atoms with E-state index in [-0.39, 0.29) is 17.2 Å². The highest BCUT2D eigenvalue weighted by Crippen LogP contribution is 2.38. The van der Waals surface area contributed by atoms with Gasteiger partial charge in [0.05, 0.1) is 23.3 Å². The molecule has 1 aliphatic heterocycles. The second-order valence-electron chi connectivity index (χ2n) is 6.61. The Bertz CT molecular complexity index is 1160. The molecule has 0 aliphatic carbocycles. The van der Waals surface area contributed by atoms with Gasteiger partial charge < -0.3 is 19.7 Å². The van der Waals surface area contributed by atoms with Crippen molar-refractivity contribution in [3.05, 3.63) is 56.9 Å². The number of amides is 1. The molecule has 0 unspecified atom stereocenters. The molecule has 11 heteroatoms. The van der Waals surface area contributed by atoms with Crippen molar-refractivity contribution < 1.29 is 34.1 Å². The number of likely N-dealkylation sites (N-methyl/N-ethyl adjacent to an activating group) is 1. The number of methoxy groups -OCH3 is 1. The maximum atomic E-state index is 12.9. The molecule has 0 atom stereocenters. The van der Waals surface area contributed by atoms with Crippen LogP contribution in [0, 0.1) is 0 Å². The van der Waals surface area contributed by atoms with Crippen LogP contribution >= 0.6 is 27.7 Å². The number of hydrogen-bond donors (Lipinski definition) is 2. The summed E-state index contributed by atoms with van der Waals surface area (Å²) in [4.78, 5) is 41.2. The van der Waals surface area contributed by atoms with Gasteiger partial charge in [-0.1, -0.05) is 15.9 Å². The molecule has 0 bridgehead atoms. The SMILES string of the molecule is CCN1C(=O)/C(=C/c2cc(OC)c(OCC(=O)O)cc2Br)SC1=Nc1ccc(C(=O)O)cc1. The number of carbonyl (C=O) groups is 3. The Kier molecular flexibility index (Phi) is 7.77. The monoisotopic (exact) mass is 534 g/mol. The van der Waals surface area contributed by atoms with Crippen LogP contribution in [0.5, 0.6) is 11.5 Å². The molecular weight excluding hydrogens is 516 g/mol. The van der Waals surface area contributed by atoms with E-state index in [2.05, 4.69) is 20.9 Å². The summed E-state index contributed by atoms with van der Waals surface area (Å²) in [6, 6.07) is 9.27. The van der Waals surface area contributed by atoms with E-state index >= 15 is 0 Å². The molecule has 1 amide bonds. The van der Waals surface area contributed by atoms with Crippen molar-refractivity contribution in [2.45, 2.75) is 6.92 Å². The second-order valence-corrected chi connectivity index (χ2v) is 8.48. The molecule has 0 saturated carbocycles. The van der Waals surface area contributed by atoms with Crippen molar-refractivity contribution >= 4 is 62.5 Å². The van der Waals surface area contributed by atoms with Gasteiger partial charge in [-0.15, -0.1) is 0 Å². The van der Waals surface area contributed by atoms with E-state index in [1.54, 1.807) is 30.3 Å². The molecule has 2 aromatic rings. The van der Waals surface area contributed by atoms with Gasteiger partial charge in [0, 0.05) is 11.0 Å². The highest BCUT2D eigenvalue weighted by Gasteiger charge is 2.32. The summed E-state index contributed by atoms with van der Waals surface area (Å²) in [5, 5.41) is 18.3. The number of aromatic carboxylic acids is 1. The first-order valence-corrected chi connectivity index (χ1v) is 11.2. The van der Waals surface area contributed by atoms with Crippen LogP contribution in [0.3, 0.4) is 0 Å². The molecule has 1 heterocycles. The van der Waals surface area contributed by atoms with Crippen LogP contribution in [0.4, 0.5) is 5.69 Å². The standard InChI is InChI=1S/C22H19BrN2O7S/c1-3-25-20(28)18(33-22(25)24-14-6-4-12(5-7-14)21(29)30)9-13-8-16(31-2)17(10-15(13)23)32-11-19(26)27/h4-10H,3,11H2,1-2H3,(H,26,27)(H,29,30)/b18-9-,24-22?. The normalized spacial score (nSPS) is 15.8. The number of rotatable bonds is 8. The summed E-state index contributed by atoms with van der Waals surface area (Å²) in [5.74, 6) is -1.79. The van der Waals surface area contributed by atoms with Crippen LogP contribution in [0.25, 0.3) is 6.08 Å². The molecule has 2 aromatic carbocycles. The first kappa shape index (κ1) is 24.3. The zero-order valence-electron chi connectivity index (χ0n) is 17.6. The summed E-state index contributed by atoms with van der Waals surface area (Å²) in [6.45, 7) is 1.72. The van der Waals surface area contributed by atoms with Gasteiger partial charge in [-0.25, -0.2) is 14.6 Å². The number of hydrogen-bond acceptors (Lipinski definition) is 7. The van der Waals surface area contributed by atoms with E-state index in [4.69, 9.17) is 19.7 Å². The zero-order chi connectivity index (χ0) is 24.1. The molecule has 9 nitrogen and oxygen atoms in total. The summed E-state index contributed by atoms with van der Waals surface area (Å²) in [5.41, 5.74) is 1.31. The quantitative estimate of drug-likeness (QED) is 0.481.